The largest absolute Gasteiger partial charge is 0.480 e. The SMILES string of the molecule is NC(=O)CCC(N)C(=O)NC(Cc1ccccc1)C(=O)NCC(=O)NC(CCC(N)=O)C(=O)O. The average molecular weight is 479 g/mol. The van der Waals surface area contributed by atoms with Gasteiger partial charge in [0.15, 0.2) is 0 Å². The van der Waals surface area contributed by atoms with Crippen molar-refractivity contribution < 1.29 is 33.9 Å². The van der Waals surface area contributed by atoms with Gasteiger partial charge in [-0.1, -0.05) is 30.3 Å². The molecular formula is C21H30N6O7. The molecule has 0 bridgehead atoms. The maximum atomic E-state index is 12.7. The molecular weight excluding hydrogens is 448 g/mol. The summed E-state index contributed by atoms with van der Waals surface area (Å²) in [5.41, 5.74) is 16.5. The van der Waals surface area contributed by atoms with Crippen molar-refractivity contribution in [2.24, 2.45) is 17.2 Å². The van der Waals surface area contributed by atoms with Gasteiger partial charge in [0.1, 0.15) is 12.1 Å². The summed E-state index contributed by atoms with van der Waals surface area (Å²) in [5, 5.41) is 16.2. The topological polar surface area (TPSA) is 237 Å². The van der Waals surface area contributed by atoms with Crippen LogP contribution in [0, 0.1) is 0 Å². The first-order chi connectivity index (χ1) is 16.0. The van der Waals surface area contributed by atoms with E-state index in [9.17, 15) is 28.8 Å². The van der Waals surface area contributed by atoms with Crippen LogP contribution in [-0.4, -0.2) is 65.3 Å². The molecule has 0 fully saturated rings. The molecule has 13 heteroatoms. The Balaban J connectivity index is 2.77. The molecule has 0 aromatic heterocycles. The van der Waals surface area contributed by atoms with E-state index in [4.69, 9.17) is 22.3 Å². The van der Waals surface area contributed by atoms with E-state index in [1.54, 1.807) is 30.3 Å². The molecule has 186 valence electrons. The van der Waals surface area contributed by atoms with Crippen LogP contribution in [0.2, 0.25) is 0 Å². The van der Waals surface area contributed by atoms with Gasteiger partial charge in [-0.25, -0.2) is 4.79 Å². The Morgan fingerprint density at radius 1 is 0.824 bits per heavy atom. The molecule has 1 aromatic rings. The molecule has 0 radical (unpaired) electrons. The third kappa shape index (κ3) is 11.0. The number of carboxylic acids is 1. The molecule has 3 atom stereocenters. The van der Waals surface area contributed by atoms with Gasteiger partial charge >= 0.3 is 5.97 Å². The number of amides is 5. The van der Waals surface area contributed by atoms with Gasteiger partial charge in [-0.2, -0.15) is 0 Å². The molecule has 13 nitrogen and oxygen atoms in total. The second-order valence-corrected chi connectivity index (χ2v) is 7.54. The molecule has 5 amide bonds. The van der Waals surface area contributed by atoms with Crippen molar-refractivity contribution in [2.75, 3.05) is 6.54 Å². The third-order valence-corrected chi connectivity index (χ3v) is 4.69. The van der Waals surface area contributed by atoms with E-state index in [0.29, 0.717) is 0 Å². The zero-order valence-electron chi connectivity index (χ0n) is 18.5. The Hall–Kier alpha value is -4.00. The minimum Gasteiger partial charge on any atom is -0.480 e. The van der Waals surface area contributed by atoms with Crippen molar-refractivity contribution in [2.45, 2.75) is 50.2 Å². The molecule has 0 aliphatic rings. The number of carbonyl (C=O) groups excluding carboxylic acids is 5. The van der Waals surface area contributed by atoms with Crippen LogP contribution >= 0.6 is 0 Å². The fourth-order valence-electron chi connectivity index (χ4n) is 2.85. The van der Waals surface area contributed by atoms with Gasteiger partial charge in [0.05, 0.1) is 12.6 Å². The number of benzene rings is 1. The summed E-state index contributed by atoms with van der Waals surface area (Å²) in [5.74, 6) is -4.91. The second-order valence-electron chi connectivity index (χ2n) is 7.54. The van der Waals surface area contributed by atoms with Gasteiger partial charge in [-0.15, -0.1) is 0 Å². The smallest absolute Gasteiger partial charge is 0.326 e. The van der Waals surface area contributed by atoms with Crippen molar-refractivity contribution in [3.8, 4) is 0 Å². The number of nitrogens with one attached hydrogen (secondary N) is 3. The number of primary amides is 2. The predicted molar refractivity (Wildman–Crippen MR) is 119 cm³/mol. The quantitative estimate of drug-likeness (QED) is 0.139. The van der Waals surface area contributed by atoms with Gasteiger partial charge in [-0.3, -0.25) is 24.0 Å². The minimum absolute atomic E-state index is 0.00880. The molecule has 0 aliphatic heterocycles. The molecule has 10 N–H and O–H groups in total. The van der Waals surface area contributed by atoms with Crippen LogP contribution in [-0.2, 0) is 35.2 Å². The number of hydrogen-bond donors (Lipinski definition) is 7. The lowest BCUT2D eigenvalue weighted by Gasteiger charge is -2.21. The van der Waals surface area contributed by atoms with Crippen molar-refractivity contribution in [3.05, 3.63) is 35.9 Å². The van der Waals surface area contributed by atoms with Crippen LogP contribution in [0.1, 0.15) is 31.2 Å². The summed E-state index contributed by atoms with van der Waals surface area (Å²) in [6, 6.07) is 5.20. The van der Waals surface area contributed by atoms with E-state index < -0.39 is 60.2 Å². The summed E-state index contributed by atoms with van der Waals surface area (Å²) in [6.45, 7) is -0.575. The predicted octanol–water partition coefficient (Wildman–Crippen LogP) is -2.74. The van der Waals surface area contributed by atoms with Gasteiger partial charge in [-0.05, 0) is 18.4 Å². The zero-order chi connectivity index (χ0) is 25.7. The molecule has 3 unspecified atom stereocenters. The highest BCUT2D eigenvalue weighted by molar-refractivity contribution is 5.93. The lowest BCUT2D eigenvalue weighted by atomic mass is 10.0. The molecule has 1 aromatic carbocycles. The average Bonchev–Trinajstić information content (AvgIpc) is 2.78. The minimum atomic E-state index is -1.36. The Morgan fingerprint density at radius 2 is 1.41 bits per heavy atom. The number of hydrogen-bond acceptors (Lipinski definition) is 7. The molecule has 0 saturated carbocycles. The van der Waals surface area contributed by atoms with Crippen molar-refractivity contribution in [1.29, 1.82) is 0 Å². The fraction of sp³-hybridized carbons (Fsp3) is 0.429. The first-order valence-corrected chi connectivity index (χ1v) is 10.5. The summed E-state index contributed by atoms with van der Waals surface area (Å²) >= 11 is 0. The van der Waals surface area contributed by atoms with E-state index in [1.165, 1.54) is 0 Å². The monoisotopic (exact) mass is 478 g/mol. The van der Waals surface area contributed by atoms with Crippen LogP contribution in [0.25, 0.3) is 0 Å². The van der Waals surface area contributed by atoms with Gasteiger partial charge in [0.25, 0.3) is 0 Å². The van der Waals surface area contributed by atoms with E-state index in [-0.39, 0.29) is 32.1 Å². The highest BCUT2D eigenvalue weighted by Crippen LogP contribution is 2.05. The molecule has 0 saturated heterocycles. The fourth-order valence-corrected chi connectivity index (χ4v) is 2.85. The lowest BCUT2D eigenvalue weighted by molar-refractivity contribution is -0.142. The summed E-state index contributed by atoms with van der Waals surface area (Å²) in [7, 11) is 0. The number of rotatable bonds is 15. The highest BCUT2D eigenvalue weighted by atomic mass is 16.4. The maximum absolute atomic E-state index is 12.7. The molecule has 34 heavy (non-hydrogen) atoms. The number of aliphatic carboxylic acids is 1. The Bertz CT molecular complexity index is 893. The Morgan fingerprint density at radius 3 is 1.97 bits per heavy atom. The normalized spacial score (nSPS) is 13.1. The first-order valence-electron chi connectivity index (χ1n) is 10.5. The second kappa shape index (κ2) is 14.2. The lowest BCUT2D eigenvalue weighted by Crippen LogP contribution is -2.54. The van der Waals surface area contributed by atoms with Gasteiger partial charge in [0.2, 0.25) is 29.5 Å². The molecule has 0 spiro atoms. The molecule has 0 aliphatic carbocycles. The van der Waals surface area contributed by atoms with Crippen molar-refractivity contribution in [3.63, 3.8) is 0 Å². The van der Waals surface area contributed by atoms with E-state index >= 15 is 0 Å². The summed E-state index contributed by atoms with van der Waals surface area (Å²) in [4.78, 5) is 70.2. The Labute approximate surface area is 195 Å². The summed E-state index contributed by atoms with van der Waals surface area (Å²) < 4.78 is 0. The molecule has 1 rings (SSSR count). The van der Waals surface area contributed by atoms with E-state index in [2.05, 4.69) is 16.0 Å². The standard InChI is InChI=1S/C21H30N6O7/c22-13(6-8-16(23)28)19(31)27-15(10-12-4-2-1-3-5-12)20(32)25-11-18(30)26-14(21(33)34)7-9-17(24)29/h1-5,13-15H,6-11,22H2,(H2,23,28)(H2,24,29)(H,25,32)(H,26,30)(H,27,31)(H,33,34). The van der Waals surface area contributed by atoms with Crippen LogP contribution in [0.4, 0.5) is 0 Å². The third-order valence-electron chi connectivity index (χ3n) is 4.69. The van der Waals surface area contributed by atoms with Gasteiger partial charge in [0, 0.05) is 19.3 Å². The van der Waals surface area contributed by atoms with E-state index in [0.717, 1.165) is 5.56 Å². The zero-order valence-corrected chi connectivity index (χ0v) is 18.5. The van der Waals surface area contributed by atoms with Crippen LogP contribution in [0.15, 0.2) is 30.3 Å². The van der Waals surface area contributed by atoms with Gasteiger partial charge < -0.3 is 38.3 Å². The van der Waals surface area contributed by atoms with Crippen LogP contribution in [0.5, 0.6) is 0 Å². The Kier molecular flexibility index (Phi) is 11.7. The molecule has 0 heterocycles. The summed E-state index contributed by atoms with van der Waals surface area (Å²) in [6.07, 6.45) is -0.486. The highest BCUT2D eigenvalue weighted by Gasteiger charge is 2.26. The van der Waals surface area contributed by atoms with Crippen molar-refractivity contribution in [1.82, 2.24) is 16.0 Å². The number of carboxylic acid groups (broad SMARTS) is 1. The van der Waals surface area contributed by atoms with Crippen LogP contribution in [0.3, 0.4) is 0 Å². The first kappa shape index (κ1) is 28.0. The van der Waals surface area contributed by atoms with E-state index in [1.807, 2.05) is 0 Å². The number of nitrogens with two attached hydrogens (primary N) is 3. The maximum Gasteiger partial charge on any atom is 0.326 e. The number of carbonyl (C=O) groups is 6. The van der Waals surface area contributed by atoms with Crippen molar-refractivity contribution >= 4 is 35.5 Å². The van der Waals surface area contributed by atoms with Crippen LogP contribution < -0.4 is 33.2 Å².